The number of hydrogen-bond donors (Lipinski definition) is 1. The van der Waals surface area contributed by atoms with Crippen LogP contribution >= 0.6 is 11.6 Å². The van der Waals surface area contributed by atoms with Gasteiger partial charge < -0.3 is 24.6 Å². The highest BCUT2D eigenvalue weighted by Crippen LogP contribution is 2.46. The lowest BCUT2D eigenvalue weighted by Gasteiger charge is -2.49. The number of nitrogens with zero attached hydrogens (tertiary/aromatic N) is 4. The number of nitrogens with one attached hydrogen (secondary N) is 1. The molecule has 0 unspecified atom stereocenters. The summed E-state index contributed by atoms with van der Waals surface area (Å²) in [4.78, 5) is 37.8. The standard InChI is InChI=1S/C33H37ClF3N5O4/c1-5-45-29-22(7-6-14-38-29)25-10-9-23-26(40-25)19-42(27-11-8-21(34)17-24(27)33(35,36)37)20-32(23)12-15-41(16-13-32)28(43)18-39-30(44)46-31(2,3)4/h6-11,14,17H,5,12-13,15-16,18-20H2,1-4H3,(H,39,44). The fourth-order valence-corrected chi connectivity index (χ4v) is 6.32. The van der Waals surface area contributed by atoms with Crippen molar-refractivity contribution in [2.45, 2.75) is 64.3 Å². The van der Waals surface area contributed by atoms with E-state index < -0.39 is 28.8 Å². The van der Waals surface area contributed by atoms with Crippen LogP contribution in [0.2, 0.25) is 5.02 Å². The Morgan fingerprint density at radius 2 is 1.83 bits per heavy atom. The van der Waals surface area contributed by atoms with Gasteiger partial charge in [-0.1, -0.05) is 17.7 Å². The predicted molar refractivity (Wildman–Crippen MR) is 168 cm³/mol. The number of amides is 2. The van der Waals surface area contributed by atoms with Crippen molar-refractivity contribution in [3.63, 3.8) is 0 Å². The van der Waals surface area contributed by atoms with Crippen molar-refractivity contribution in [2.75, 3.05) is 37.7 Å². The lowest BCUT2D eigenvalue weighted by Crippen LogP contribution is -2.54. The van der Waals surface area contributed by atoms with Gasteiger partial charge in [0.05, 0.1) is 35.7 Å². The molecular weight excluding hydrogens is 623 g/mol. The highest BCUT2D eigenvalue weighted by Gasteiger charge is 2.45. The number of rotatable bonds is 6. The van der Waals surface area contributed by atoms with Gasteiger partial charge in [0, 0.05) is 42.0 Å². The second-order valence-electron chi connectivity index (χ2n) is 12.5. The van der Waals surface area contributed by atoms with E-state index >= 15 is 0 Å². The van der Waals surface area contributed by atoms with Crippen LogP contribution in [0.15, 0.2) is 48.7 Å². The van der Waals surface area contributed by atoms with Gasteiger partial charge in [0.2, 0.25) is 11.8 Å². The van der Waals surface area contributed by atoms with Gasteiger partial charge in [-0.05, 0) is 82.5 Å². The van der Waals surface area contributed by atoms with Crippen LogP contribution in [0.5, 0.6) is 5.88 Å². The average Bonchev–Trinajstić information content (AvgIpc) is 2.99. The third-order valence-electron chi connectivity index (χ3n) is 8.17. The Morgan fingerprint density at radius 3 is 2.50 bits per heavy atom. The lowest BCUT2D eigenvalue weighted by atomic mass is 9.69. The number of anilines is 1. The number of alkyl carbamates (subject to hydrolysis) is 1. The minimum absolute atomic E-state index is 0.00421. The van der Waals surface area contributed by atoms with Crippen LogP contribution < -0.4 is 15.0 Å². The van der Waals surface area contributed by atoms with Gasteiger partial charge in [0.1, 0.15) is 12.1 Å². The summed E-state index contributed by atoms with van der Waals surface area (Å²) < 4.78 is 53.8. The molecule has 4 heterocycles. The van der Waals surface area contributed by atoms with Crippen LogP contribution in [0.25, 0.3) is 11.3 Å². The van der Waals surface area contributed by atoms with Crippen LogP contribution in [0.1, 0.15) is 57.4 Å². The number of fused-ring (bicyclic) bond motifs is 2. The molecule has 0 bridgehead atoms. The van der Waals surface area contributed by atoms with Gasteiger partial charge in [-0.25, -0.2) is 9.78 Å². The number of aromatic nitrogens is 2. The Morgan fingerprint density at radius 1 is 1.09 bits per heavy atom. The van der Waals surface area contributed by atoms with Crippen molar-refractivity contribution in [2.24, 2.45) is 0 Å². The number of piperidine rings is 1. The first-order valence-corrected chi connectivity index (χ1v) is 15.5. The molecule has 1 aromatic carbocycles. The molecule has 5 rings (SSSR count). The first-order chi connectivity index (χ1) is 21.7. The highest BCUT2D eigenvalue weighted by atomic mass is 35.5. The van der Waals surface area contributed by atoms with Crippen molar-refractivity contribution in [3.8, 4) is 17.1 Å². The van der Waals surface area contributed by atoms with E-state index in [0.29, 0.717) is 61.9 Å². The van der Waals surface area contributed by atoms with E-state index in [0.717, 1.165) is 11.6 Å². The number of carbonyl (C=O) groups excluding carboxylic acids is 2. The SMILES string of the molecule is CCOc1ncccc1-c1ccc2c(n1)CN(c1ccc(Cl)cc1C(F)(F)F)CC21CCN(C(=O)CNC(=O)OC(C)(C)C)CC1. The lowest BCUT2D eigenvalue weighted by molar-refractivity contribution is -0.137. The molecule has 3 aromatic rings. The maximum absolute atomic E-state index is 14.3. The van der Waals surface area contributed by atoms with E-state index in [1.807, 2.05) is 25.1 Å². The van der Waals surface area contributed by atoms with Crippen LogP contribution in [-0.4, -0.2) is 65.3 Å². The molecule has 0 aliphatic carbocycles. The molecule has 0 radical (unpaired) electrons. The van der Waals surface area contributed by atoms with Crippen molar-refractivity contribution >= 4 is 29.3 Å². The normalized spacial score (nSPS) is 16.2. The zero-order chi connectivity index (χ0) is 33.3. The number of carbonyl (C=O) groups is 2. The van der Waals surface area contributed by atoms with E-state index in [9.17, 15) is 22.8 Å². The summed E-state index contributed by atoms with van der Waals surface area (Å²) in [5.41, 5.74) is 0.775. The molecule has 1 saturated heterocycles. The quantitative estimate of drug-likeness (QED) is 0.318. The van der Waals surface area contributed by atoms with Crippen molar-refractivity contribution in [3.05, 3.63) is 70.5 Å². The highest BCUT2D eigenvalue weighted by molar-refractivity contribution is 6.30. The summed E-state index contributed by atoms with van der Waals surface area (Å²) in [6.07, 6.45) is -2.70. The van der Waals surface area contributed by atoms with Gasteiger partial charge in [0.25, 0.3) is 0 Å². The minimum atomic E-state index is -4.62. The Balaban J connectivity index is 1.47. The average molecular weight is 660 g/mol. The summed E-state index contributed by atoms with van der Waals surface area (Å²) >= 11 is 6.02. The Hall–Kier alpha value is -4.06. The van der Waals surface area contributed by atoms with Gasteiger partial charge >= 0.3 is 12.3 Å². The zero-order valence-corrected chi connectivity index (χ0v) is 27.0. The number of alkyl halides is 3. The fraction of sp³-hybridized carbons (Fsp3) is 0.455. The van der Waals surface area contributed by atoms with E-state index in [-0.39, 0.29) is 29.7 Å². The number of pyridine rings is 2. The molecule has 1 fully saturated rings. The topological polar surface area (TPSA) is 96.9 Å². The summed E-state index contributed by atoms with van der Waals surface area (Å²) in [6.45, 7) is 8.39. The molecule has 0 atom stereocenters. The van der Waals surface area contributed by atoms with E-state index in [1.54, 1.807) is 42.8 Å². The van der Waals surface area contributed by atoms with E-state index in [4.69, 9.17) is 26.1 Å². The first kappa shape index (κ1) is 33.3. The van der Waals surface area contributed by atoms with Crippen molar-refractivity contribution in [1.82, 2.24) is 20.2 Å². The monoisotopic (exact) mass is 659 g/mol. The van der Waals surface area contributed by atoms with E-state index in [1.165, 1.54) is 12.1 Å². The van der Waals surface area contributed by atoms with Crippen LogP contribution in [0.4, 0.5) is 23.7 Å². The molecule has 1 N–H and O–H groups in total. The van der Waals surface area contributed by atoms with Crippen LogP contribution in [-0.2, 0) is 27.7 Å². The molecule has 246 valence electrons. The Labute approximate surface area is 271 Å². The Bertz CT molecular complexity index is 1600. The molecule has 9 nitrogen and oxygen atoms in total. The molecule has 0 saturated carbocycles. The van der Waals surface area contributed by atoms with Crippen LogP contribution in [0, 0.1) is 0 Å². The molecule has 13 heteroatoms. The first-order valence-electron chi connectivity index (χ1n) is 15.1. The number of halogens is 4. The maximum atomic E-state index is 14.3. The molecule has 46 heavy (non-hydrogen) atoms. The Kier molecular flexibility index (Phi) is 9.40. The maximum Gasteiger partial charge on any atom is 0.418 e. The van der Waals surface area contributed by atoms with Gasteiger partial charge in [-0.3, -0.25) is 9.78 Å². The molecule has 2 aliphatic heterocycles. The smallest absolute Gasteiger partial charge is 0.418 e. The van der Waals surface area contributed by atoms with E-state index in [2.05, 4.69) is 10.3 Å². The second kappa shape index (κ2) is 13.0. The fourth-order valence-electron chi connectivity index (χ4n) is 6.15. The predicted octanol–water partition coefficient (Wildman–Crippen LogP) is 6.62. The molecule has 2 amide bonds. The number of hydrogen-bond acceptors (Lipinski definition) is 7. The third kappa shape index (κ3) is 7.32. The summed E-state index contributed by atoms with van der Waals surface area (Å²) in [5, 5.41) is 2.50. The largest absolute Gasteiger partial charge is 0.477 e. The molecule has 1 spiro atoms. The summed E-state index contributed by atoms with van der Waals surface area (Å²) in [5.74, 6) is 0.155. The number of benzene rings is 1. The third-order valence-corrected chi connectivity index (χ3v) is 8.40. The van der Waals surface area contributed by atoms with Crippen molar-refractivity contribution < 1.29 is 32.2 Å². The van der Waals surface area contributed by atoms with Crippen LogP contribution in [0.3, 0.4) is 0 Å². The second-order valence-corrected chi connectivity index (χ2v) is 12.9. The zero-order valence-electron chi connectivity index (χ0n) is 26.2. The summed E-state index contributed by atoms with van der Waals surface area (Å²) in [7, 11) is 0. The molecule has 2 aliphatic rings. The molecule has 2 aromatic heterocycles. The van der Waals surface area contributed by atoms with Gasteiger partial charge in [-0.2, -0.15) is 13.2 Å². The summed E-state index contributed by atoms with van der Waals surface area (Å²) in [6, 6.07) is 11.3. The van der Waals surface area contributed by atoms with Gasteiger partial charge in [0.15, 0.2) is 0 Å². The van der Waals surface area contributed by atoms with Crippen molar-refractivity contribution in [1.29, 1.82) is 0 Å². The number of likely N-dealkylation sites (tertiary alicyclic amines) is 1. The number of ether oxygens (including phenoxy) is 2. The van der Waals surface area contributed by atoms with Gasteiger partial charge in [-0.15, -0.1) is 0 Å². The molecular formula is C33H37ClF3N5O4. The minimum Gasteiger partial charge on any atom is -0.477 e.